The summed E-state index contributed by atoms with van der Waals surface area (Å²) in [5, 5.41) is 2.53. The van der Waals surface area contributed by atoms with Crippen LogP contribution in [0.1, 0.15) is 12.2 Å². The highest BCUT2D eigenvalue weighted by atomic mass is 19.4. The van der Waals surface area contributed by atoms with Gasteiger partial charge in [-0.15, -0.1) is 0 Å². The van der Waals surface area contributed by atoms with Crippen LogP contribution in [0.4, 0.5) is 19.0 Å². The summed E-state index contributed by atoms with van der Waals surface area (Å²) in [6, 6.07) is 1.31. The third kappa shape index (κ3) is 6.58. The first kappa shape index (κ1) is 17.4. The van der Waals surface area contributed by atoms with E-state index in [4.69, 9.17) is 14.2 Å². The van der Waals surface area contributed by atoms with Gasteiger partial charge in [-0.1, -0.05) is 0 Å². The van der Waals surface area contributed by atoms with Gasteiger partial charge >= 0.3 is 6.18 Å². The third-order valence-corrected chi connectivity index (χ3v) is 2.33. The van der Waals surface area contributed by atoms with Gasteiger partial charge in [-0.2, -0.15) is 18.2 Å². The third-order valence-electron chi connectivity index (χ3n) is 2.33. The quantitative estimate of drug-likeness (QED) is 0.704. The molecule has 0 spiro atoms. The molecule has 0 amide bonds. The van der Waals surface area contributed by atoms with Crippen LogP contribution in [0, 0.1) is 0 Å². The Balaban J connectivity index is 2.47. The predicted molar refractivity (Wildman–Crippen MR) is 69.4 cm³/mol. The maximum Gasteiger partial charge on any atom is 0.451 e. The Bertz CT molecular complexity index is 430. The molecule has 0 bridgehead atoms. The normalized spacial score (nSPS) is 11.5. The molecule has 1 aromatic rings. The van der Waals surface area contributed by atoms with Gasteiger partial charge in [0.2, 0.25) is 11.7 Å². The molecule has 0 aliphatic carbocycles. The highest BCUT2D eigenvalue weighted by Crippen LogP contribution is 2.28. The second kappa shape index (κ2) is 8.63. The van der Waals surface area contributed by atoms with Crippen molar-refractivity contribution in [3.63, 3.8) is 0 Å². The second-order valence-electron chi connectivity index (χ2n) is 3.97. The minimum Gasteiger partial charge on any atom is -0.477 e. The fourth-order valence-corrected chi connectivity index (χ4v) is 1.34. The van der Waals surface area contributed by atoms with Crippen LogP contribution in [-0.2, 0) is 15.7 Å². The molecule has 9 heteroatoms. The number of alkyl halides is 3. The molecule has 1 aromatic heterocycles. The summed E-state index contributed by atoms with van der Waals surface area (Å²) < 4.78 is 53.0. The Hall–Kier alpha value is -1.61. The molecule has 1 rings (SSSR count). The average molecular weight is 309 g/mol. The Morgan fingerprint density at radius 3 is 2.52 bits per heavy atom. The van der Waals surface area contributed by atoms with Gasteiger partial charge in [0.05, 0.1) is 19.8 Å². The van der Waals surface area contributed by atoms with Gasteiger partial charge < -0.3 is 19.5 Å². The first-order chi connectivity index (χ1) is 9.97. The van der Waals surface area contributed by atoms with Crippen LogP contribution in [0.3, 0.4) is 0 Å². The highest BCUT2D eigenvalue weighted by Gasteiger charge is 2.35. The lowest BCUT2D eigenvalue weighted by atomic mass is 10.4. The smallest absolute Gasteiger partial charge is 0.451 e. The lowest BCUT2D eigenvalue weighted by Gasteiger charge is -2.11. The average Bonchev–Trinajstić information content (AvgIpc) is 2.45. The van der Waals surface area contributed by atoms with Gasteiger partial charge in [-0.3, -0.25) is 0 Å². The molecule has 6 nitrogen and oxygen atoms in total. The van der Waals surface area contributed by atoms with Crippen molar-refractivity contribution in [1.82, 2.24) is 9.97 Å². The Morgan fingerprint density at radius 1 is 1.14 bits per heavy atom. The Labute approximate surface area is 120 Å². The summed E-state index contributed by atoms with van der Waals surface area (Å²) in [6.45, 7) is 1.59. The number of rotatable bonds is 9. The number of hydrogen-bond acceptors (Lipinski definition) is 6. The van der Waals surface area contributed by atoms with Gasteiger partial charge in [0.25, 0.3) is 0 Å². The number of nitrogens with zero attached hydrogens (tertiary/aromatic N) is 2. The van der Waals surface area contributed by atoms with Gasteiger partial charge in [-0.25, -0.2) is 4.98 Å². The summed E-state index contributed by atoms with van der Waals surface area (Å²) in [5.41, 5.74) is 0. The van der Waals surface area contributed by atoms with E-state index in [1.807, 2.05) is 0 Å². The van der Waals surface area contributed by atoms with E-state index >= 15 is 0 Å². The molecule has 0 atom stereocenters. The summed E-state index contributed by atoms with van der Waals surface area (Å²) in [7, 11) is 3.04. The van der Waals surface area contributed by atoms with Crippen molar-refractivity contribution in [3.05, 3.63) is 11.9 Å². The van der Waals surface area contributed by atoms with E-state index in [1.165, 1.54) is 13.1 Å². The fraction of sp³-hybridized carbons (Fsp3) is 0.667. The van der Waals surface area contributed by atoms with Crippen molar-refractivity contribution in [2.75, 3.05) is 45.9 Å². The molecule has 0 unspecified atom stereocenters. The summed E-state index contributed by atoms with van der Waals surface area (Å²) in [5.74, 6) is -1.32. The number of hydrogen-bond donors (Lipinski definition) is 1. The highest BCUT2D eigenvalue weighted by molar-refractivity contribution is 5.38. The summed E-state index contributed by atoms with van der Waals surface area (Å²) >= 11 is 0. The molecule has 1 heterocycles. The van der Waals surface area contributed by atoms with E-state index in [0.29, 0.717) is 26.2 Å². The van der Waals surface area contributed by atoms with Gasteiger partial charge in [-0.05, 0) is 0 Å². The molecule has 0 saturated heterocycles. The van der Waals surface area contributed by atoms with Crippen molar-refractivity contribution in [3.8, 4) is 5.88 Å². The van der Waals surface area contributed by atoms with Crippen LogP contribution in [-0.4, -0.2) is 50.6 Å². The van der Waals surface area contributed by atoms with Crippen molar-refractivity contribution >= 4 is 5.82 Å². The lowest BCUT2D eigenvalue weighted by molar-refractivity contribution is -0.145. The number of methoxy groups -OCH3 is 1. The minimum absolute atomic E-state index is 0.0451. The van der Waals surface area contributed by atoms with E-state index < -0.39 is 12.0 Å². The topological polar surface area (TPSA) is 65.5 Å². The van der Waals surface area contributed by atoms with Crippen LogP contribution < -0.4 is 10.1 Å². The Kier molecular flexibility index (Phi) is 7.17. The number of ether oxygens (including phenoxy) is 3. The molecular weight excluding hydrogens is 291 g/mol. The van der Waals surface area contributed by atoms with E-state index in [1.54, 1.807) is 7.11 Å². The Morgan fingerprint density at radius 2 is 1.90 bits per heavy atom. The number of anilines is 1. The predicted octanol–water partition coefficient (Wildman–Crippen LogP) is 1.97. The van der Waals surface area contributed by atoms with Crippen LogP contribution in [0.2, 0.25) is 0 Å². The lowest BCUT2D eigenvalue weighted by Crippen LogP contribution is -2.14. The monoisotopic (exact) mass is 309 g/mol. The zero-order valence-corrected chi connectivity index (χ0v) is 11.9. The number of halogens is 3. The summed E-state index contributed by atoms with van der Waals surface area (Å²) in [4.78, 5) is 6.68. The van der Waals surface area contributed by atoms with Crippen LogP contribution in [0.5, 0.6) is 5.88 Å². The zero-order chi connectivity index (χ0) is 15.7. The molecule has 0 aliphatic heterocycles. The summed E-state index contributed by atoms with van der Waals surface area (Å²) in [6.07, 6.45) is -4.09. The number of aromatic nitrogens is 2. The van der Waals surface area contributed by atoms with Crippen molar-refractivity contribution in [2.24, 2.45) is 0 Å². The maximum absolute atomic E-state index is 12.6. The first-order valence-corrected chi connectivity index (χ1v) is 6.31. The van der Waals surface area contributed by atoms with E-state index in [0.717, 1.165) is 0 Å². The minimum atomic E-state index is -4.62. The molecule has 21 heavy (non-hydrogen) atoms. The SMILES string of the molecule is CNc1cc(OCCCOCCOC)nc(C(F)(F)F)n1. The fourth-order valence-electron chi connectivity index (χ4n) is 1.34. The molecule has 0 aromatic carbocycles. The van der Waals surface area contributed by atoms with Gasteiger partial charge in [0.15, 0.2) is 0 Å². The maximum atomic E-state index is 12.6. The van der Waals surface area contributed by atoms with E-state index in [9.17, 15) is 13.2 Å². The van der Waals surface area contributed by atoms with Crippen molar-refractivity contribution in [1.29, 1.82) is 0 Å². The number of nitrogens with one attached hydrogen (secondary N) is 1. The molecule has 0 radical (unpaired) electrons. The van der Waals surface area contributed by atoms with Crippen molar-refractivity contribution < 1.29 is 27.4 Å². The second-order valence-corrected chi connectivity index (χ2v) is 3.97. The zero-order valence-electron chi connectivity index (χ0n) is 11.9. The largest absolute Gasteiger partial charge is 0.477 e. The van der Waals surface area contributed by atoms with Crippen LogP contribution in [0.25, 0.3) is 0 Å². The molecule has 120 valence electrons. The molecule has 0 aliphatic rings. The van der Waals surface area contributed by atoms with E-state index in [-0.39, 0.29) is 18.3 Å². The van der Waals surface area contributed by atoms with Crippen LogP contribution in [0.15, 0.2) is 6.07 Å². The van der Waals surface area contributed by atoms with Crippen molar-refractivity contribution in [2.45, 2.75) is 12.6 Å². The van der Waals surface area contributed by atoms with Crippen LogP contribution >= 0.6 is 0 Å². The van der Waals surface area contributed by atoms with Gasteiger partial charge in [0.1, 0.15) is 5.82 Å². The molecule has 1 N–H and O–H groups in total. The molecule has 0 saturated carbocycles. The molecule has 0 fully saturated rings. The first-order valence-electron chi connectivity index (χ1n) is 6.31. The standard InChI is InChI=1S/C12H18F3N3O3/c1-16-9-8-10(18-11(17-9)12(13,14)15)21-5-3-4-20-7-6-19-2/h8H,3-7H2,1-2H3,(H,16,17,18). The molecular formula is C12H18F3N3O3. The van der Waals surface area contributed by atoms with E-state index in [2.05, 4.69) is 15.3 Å². The van der Waals surface area contributed by atoms with Gasteiger partial charge in [0, 0.05) is 33.3 Å².